The zero-order valence-electron chi connectivity index (χ0n) is 6.30. The van der Waals surface area contributed by atoms with E-state index in [1.807, 2.05) is 0 Å². The molecular formula is C7H8N2O2. The third-order valence-electron chi connectivity index (χ3n) is 1.08. The molecule has 2 N–H and O–H groups in total. The van der Waals surface area contributed by atoms with Gasteiger partial charge in [0.2, 0.25) is 0 Å². The number of aliphatic hydroxyl groups excluding tert-OH is 1. The van der Waals surface area contributed by atoms with Crippen molar-refractivity contribution in [2.45, 2.75) is 13.8 Å². The first kappa shape index (κ1) is 9.37. The van der Waals surface area contributed by atoms with Crippen molar-refractivity contribution < 1.29 is 9.90 Å². The van der Waals surface area contributed by atoms with Crippen LogP contribution in [-0.4, -0.2) is 16.6 Å². The first-order valence-electron chi connectivity index (χ1n) is 2.90. The molecule has 0 amide bonds. The van der Waals surface area contributed by atoms with E-state index >= 15 is 0 Å². The van der Waals surface area contributed by atoms with E-state index in [1.165, 1.54) is 19.9 Å². The van der Waals surface area contributed by atoms with Crippen LogP contribution in [0.25, 0.3) is 0 Å². The van der Waals surface area contributed by atoms with Gasteiger partial charge in [-0.3, -0.25) is 10.2 Å². The Morgan fingerprint density at radius 3 is 2.09 bits per heavy atom. The minimum absolute atomic E-state index is 0.215. The number of ketones is 1. The smallest absolute Gasteiger partial charge is 0.166 e. The van der Waals surface area contributed by atoms with E-state index in [0.717, 1.165) is 0 Å². The van der Waals surface area contributed by atoms with Crippen LogP contribution in [0.1, 0.15) is 13.8 Å². The first-order valence-corrected chi connectivity index (χ1v) is 2.90. The highest BCUT2D eigenvalue weighted by Gasteiger charge is 2.12. The predicted molar refractivity (Wildman–Crippen MR) is 39.3 cm³/mol. The minimum atomic E-state index is -0.502. The number of hydrogen-bond donors (Lipinski definition) is 2. The topological polar surface area (TPSA) is 84.9 Å². The van der Waals surface area contributed by atoms with E-state index in [-0.39, 0.29) is 11.3 Å². The van der Waals surface area contributed by atoms with Crippen LogP contribution in [0.2, 0.25) is 0 Å². The first-order chi connectivity index (χ1) is 5.00. The lowest BCUT2D eigenvalue weighted by Crippen LogP contribution is -2.09. The lowest BCUT2D eigenvalue weighted by atomic mass is 10.1. The monoisotopic (exact) mass is 152 g/mol. The molecular weight excluding hydrogens is 144 g/mol. The fraction of sp³-hybridized carbons (Fsp3) is 0.286. The normalized spacial score (nSPS) is 11.4. The molecule has 11 heavy (non-hydrogen) atoms. The van der Waals surface area contributed by atoms with Gasteiger partial charge in [-0.1, -0.05) is 0 Å². The highest BCUT2D eigenvalue weighted by Crippen LogP contribution is 2.03. The van der Waals surface area contributed by atoms with E-state index in [2.05, 4.69) is 0 Å². The van der Waals surface area contributed by atoms with Crippen LogP contribution < -0.4 is 0 Å². The number of nitrogens with zero attached hydrogens (tertiary/aromatic N) is 1. The number of rotatable bonds is 2. The van der Waals surface area contributed by atoms with Gasteiger partial charge in [-0.05, 0) is 13.8 Å². The Labute approximate surface area is 64.3 Å². The van der Waals surface area contributed by atoms with Crippen LogP contribution in [0.3, 0.4) is 0 Å². The van der Waals surface area contributed by atoms with Crippen molar-refractivity contribution in [3.05, 3.63) is 11.3 Å². The van der Waals surface area contributed by atoms with Gasteiger partial charge in [0.25, 0.3) is 0 Å². The molecule has 0 bridgehead atoms. The van der Waals surface area contributed by atoms with Crippen molar-refractivity contribution in [3.63, 3.8) is 0 Å². The number of allylic oxidation sites excluding steroid dienone is 2. The maximum atomic E-state index is 10.7. The Morgan fingerprint density at radius 1 is 1.55 bits per heavy atom. The zero-order valence-corrected chi connectivity index (χ0v) is 6.30. The Bertz CT molecular complexity index is 267. The molecule has 0 aromatic carbocycles. The molecule has 0 spiro atoms. The van der Waals surface area contributed by atoms with Crippen LogP contribution in [-0.2, 0) is 4.79 Å². The van der Waals surface area contributed by atoms with Gasteiger partial charge in [-0.2, -0.15) is 5.26 Å². The Kier molecular flexibility index (Phi) is 3.00. The molecule has 0 aliphatic carbocycles. The van der Waals surface area contributed by atoms with Crippen LogP contribution in [0.5, 0.6) is 0 Å². The highest BCUT2D eigenvalue weighted by atomic mass is 16.3. The van der Waals surface area contributed by atoms with Gasteiger partial charge in [0.1, 0.15) is 17.5 Å². The maximum Gasteiger partial charge on any atom is 0.166 e. The molecule has 0 heterocycles. The molecule has 0 radical (unpaired) electrons. The molecule has 0 aromatic heterocycles. The molecule has 4 heteroatoms. The fourth-order valence-corrected chi connectivity index (χ4v) is 0.668. The average molecular weight is 152 g/mol. The lowest BCUT2D eigenvalue weighted by molar-refractivity contribution is -0.113. The lowest BCUT2D eigenvalue weighted by Gasteiger charge is -1.98. The number of carbonyl (C=O) groups is 1. The third-order valence-corrected chi connectivity index (χ3v) is 1.08. The summed E-state index contributed by atoms with van der Waals surface area (Å²) in [7, 11) is 0. The number of hydrogen-bond acceptors (Lipinski definition) is 4. The molecule has 0 aromatic rings. The molecule has 0 fully saturated rings. The Hall–Kier alpha value is -1.63. The number of nitrogens with one attached hydrogen (secondary N) is 1. The summed E-state index contributed by atoms with van der Waals surface area (Å²) in [6.07, 6.45) is 0. The van der Waals surface area contributed by atoms with Crippen molar-refractivity contribution >= 4 is 11.5 Å². The number of carbonyl (C=O) groups excluding carboxylic acids is 1. The molecule has 0 aliphatic rings. The summed E-state index contributed by atoms with van der Waals surface area (Å²) in [5.41, 5.74) is -0.718. The second-order valence-electron chi connectivity index (χ2n) is 2.00. The summed E-state index contributed by atoms with van der Waals surface area (Å²) in [5.74, 6) is -0.763. The van der Waals surface area contributed by atoms with Crippen molar-refractivity contribution in [2.75, 3.05) is 0 Å². The van der Waals surface area contributed by atoms with Gasteiger partial charge in [0.15, 0.2) is 5.78 Å². The molecule has 0 rings (SSSR count). The molecule has 0 atom stereocenters. The molecule has 0 aliphatic heterocycles. The SMILES string of the molecule is CC(=O)C(C(=N)C#N)=C(C)O. The third kappa shape index (κ3) is 2.22. The molecule has 0 saturated carbocycles. The van der Waals surface area contributed by atoms with E-state index in [0.29, 0.717) is 0 Å². The van der Waals surface area contributed by atoms with E-state index in [9.17, 15) is 4.79 Å². The second kappa shape index (κ2) is 3.52. The van der Waals surface area contributed by atoms with Crippen molar-refractivity contribution in [1.82, 2.24) is 0 Å². The molecule has 0 saturated heterocycles. The van der Waals surface area contributed by atoms with Gasteiger partial charge in [0, 0.05) is 0 Å². The summed E-state index contributed by atoms with van der Waals surface area (Å²) in [6, 6.07) is 1.47. The summed E-state index contributed by atoms with van der Waals surface area (Å²) >= 11 is 0. The molecule has 58 valence electrons. The maximum absolute atomic E-state index is 10.7. The summed E-state index contributed by atoms with van der Waals surface area (Å²) in [5, 5.41) is 24.0. The number of nitriles is 1. The van der Waals surface area contributed by atoms with Gasteiger partial charge in [-0.15, -0.1) is 0 Å². The summed E-state index contributed by atoms with van der Waals surface area (Å²) in [4.78, 5) is 10.7. The van der Waals surface area contributed by atoms with Crippen molar-refractivity contribution in [1.29, 1.82) is 10.7 Å². The minimum Gasteiger partial charge on any atom is -0.512 e. The van der Waals surface area contributed by atoms with Gasteiger partial charge < -0.3 is 5.11 Å². The average Bonchev–Trinajstić information content (AvgIpc) is 1.85. The Morgan fingerprint density at radius 2 is 2.00 bits per heavy atom. The number of aliphatic hydroxyl groups is 1. The zero-order chi connectivity index (χ0) is 9.02. The van der Waals surface area contributed by atoms with Crippen LogP contribution in [0, 0.1) is 16.7 Å². The van der Waals surface area contributed by atoms with E-state index in [4.69, 9.17) is 15.8 Å². The van der Waals surface area contributed by atoms with Crippen molar-refractivity contribution in [3.8, 4) is 6.07 Å². The molecule has 0 unspecified atom stereocenters. The van der Waals surface area contributed by atoms with Crippen LogP contribution in [0.15, 0.2) is 11.3 Å². The molecule has 4 nitrogen and oxygen atoms in total. The van der Waals surface area contributed by atoms with E-state index < -0.39 is 11.5 Å². The quantitative estimate of drug-likeness (QED) is 0.351. The van der Waals surface area contributed by atoms with Crippen LogP contribution >= 0.6 is 0 Å². The number of Topliss-reactive ketones (excluding diaryl/α,β-unsaturated/α-hetero) is 1. The van der Waals surface area contributed by atoms with Gasteiger partial charge in [-0.25, -0.2) is 0 Å². The largest absolute Gasteiger partial charge is 0.512 e. The highest BCUT2D eigenvalue weighted by molar-refractivity contribution is 6.26. The summed E-state index contributed by atoms with van der Waals surface area (Å²) < 4.78 is 0. The fourth-order valence-electron chi connectivity index (χ4n) is 0.668. The van der Waals surface area contributed by atoms with E-state index in [1.54, 1.807) is 0 Å². The van der Waals surface area contributed by atoms with Crippen molar-refractivity contribution in [2.24, 2.45) is 0 Å². The second-order valence-corrected chi connectivity index (χ2v) is 2.00. The van der Waals surface area contributed by atoms with Crippen LogP contribution in [0.4, 0.5) is 0 Å². The Balaban J connectivity index is 4.99. The standard InChI is InChI=1S/C7H8N2O2/c1-4(10)7(5(2)11)6(9)3-8/h9-10H,1-2H3. The van der Waals surface area contributed by atoms with Gasteiger partial charge >= 0.3 is 0 Å². The predicted octanol–water partition coefficient (Wildman–Crippen LogP) is 0.951. The summed E-state index contributed by atoms with van der Waals surface area (Å²) in [6.45, 7) is 2.46. The van der Waals surface area contributed by atoms with Gasteiger partial charge in [0.05, 0.1) is 5.57 Å².